The smallest absolute Gasteiger partial charge is 0.0482 e. The molecular formula is C14H20N2. The third-order valence-corrected chi connectivity index (χ3v) is 3.40. The Morgan fingerprint density at radius 3 is 2.69 bits per heavy atom. The molecular weight excluding hydrogens is 196 g/mol. The van der Waals surface area contributed by atoms with Crippen molar-refractivity contribution in [2.75, 3.05) is 13.6 Å². The Balaban J connectivity index is 2.61. The quantitative estimate of drug-likeness (QED) is 0.834. The molecule has 0 radical (unpaired) electrons. The molecule has 0 bridgehead atoms. The highest BCUT2D eigenvalue weighted by Gasteiger charge is 2.10. The van der Waals surface area contributed by atoms with Crippen LogP contribution in [0.3, 0.4) is 0 Å². The number of hydrogen-bond donors (Lipinski definition) is 1. The number of aryl methyl sites for hydroxylation is 2. The SMILES string of the molecule is CNCCc1c(C)n(C)c2ccc(C)cc12. The van der Waals surface area contributed by atoms with E-state index in [1.54, 1.807) is 0 Å². The standard InChI is InChI=1S/C14H20N2/c1-10-5-6-14-13(9-10)12(7-8-15-3)11(2)16(14)4/h5-6,9,15H,7-8H2,1-4H3. The molecule has 2 rings (SSSR count). The Morgan fingerprint density at radius 2 is 2.00 bits per heavy atom. The summed E-state index contributed by atoms with van der Waals surface area (Å²) in [5, 5.41) is 4.63. The topological polar surface area (TPSA) is 17.0 Å². The summed E-state index contributed by atoms with van der Waals surface area (Å²) >= 11 is 0. The zero-order valence-corrected chi connectivity index (χ0v) is 10.6. The minimum Gasteiger partial charge on any atom is -0.348 e. The van der Waals surface area contributed by atoms with Gasteiger partial charge in [-0.05, 0) is 51.6 Å². The van der Waals surface area contributed by atoms with Crippen molar-refractivity contribution >= 4 is 10.9 Å². The van der Waals surface area contributed by atoms with Crippen LogP contribution in [-0.4, -0.2) is 18.2 Å². The molecule has 0 saturated heterocycles. The van der Waals surface area contributed by atoms with Crippen molar-refractivity contribution in [3.8, 4) is 0 Å². The van der Waals surface area contributed by atoms with Gasteiger partial charge in [0.2, 0.25) is 0 Å². The van der Waals surface area contributed by atoms with Gasteiger partial charge in [-0.2, -0.15) is 0 Å². The fourth-order valence-electron chi connectivity index (χ4n) is 2.33. The van der Waals surface area contributed by atoms with E-state index in [0.717, 1.165) is 13.0 Å². The van der Waals surface area contributed by atoms with E-state index in [-0.39, 0.29) is 0 Å². The second-order valence-electron chi connectivity index (χ2n) is 4.50. The lowest BCUT2D eigenvalue weighted by Gasteiger charge is -2.01. The molecule has 1 heterocycles. The van der Waals surface area contributed by atoms with E-state index in [9.17, 15) is 0 Å². The fraction of sp³-hybridized carbons (Fsp3) is 0.429. The second-order valence-corrected chi connectivity index (χ2v) is 4.50. The van der Waals surface area contributed by atoms with Crippen LogP contribution in [0.2, 0.25) is 0 Å². The molecule has 0 fully saturated rings. The zero-order valence-electron chi connectivity index (χ0n) is 10.6. The second kappa shape index (κ2) is 4.30. The highest BCUT2D eigenvalue weighted by molar-refractivity contribution is 5.86. The predicted molar refractivity (Wildman–Crippen MR) is 70.0 cm³/mol. The molecule has 16 heavy (non-hydrogen) atoms. The van der Waals surface area contributed by atoms with Crippen LogP contribution in [0, 0.1) is 13.8 Å². The van der Waals surface area contributed by atoms with Crippen LogP contribution in [0.5, 0.6) is 0 Å². The maximum atomic E-state index is 3.22. The first-order valence-corrected chi connectivity index (χ1v) is 5.84. The van der Waals surface area contributed by atoms with E-state index < -0.39 is 0 Å². The number of hydrogen-bond acceptors (Lipinski definition) is 1. The molecule has 0 spiro atoms. The molecule has 1 aromatic carbocycles. The van der Waals surface area contributed by atoms with Crippen molar-refractivity contribution < 1.29 is 0 Å². The Morgan fingerprint density at radius 1 is 1.25 bits per heavy atom. The van der Waals surface area contributed by atoms with E-state index in [0.29, 0.717) is 0 Å². The summed E-state index contributed by atoms with van der Waals surface area (Å²) in [4.78, 5) is 0. The molecule has 1 N–H and O–H groups in total. The lowest BCUT2D eigenvalue weighted by Crippen LogP contribution is -2.10. The number of likely N-dealkylation sites (N-methyl/N-ethyl adjacent to an activating group) is 1. The predicted octanol–water partition coefficient (Wildman–Crippen LogP) is 2.56. The monoisotopic (exact) mass is 216 g/mol. The van der Waals surface area contributed by atoms with Crippen LogP contribution in [-0.2, 0) is 13.5 Å². The molecule has 2 nitrogen and oxygen atoms in total. The summed E-state index contributed by atoms with van der Waals surface area (Å²) in [5.74, 6) is 0. The van der Waals surface area contributed by atoms with Gasteiger partial charge in [0.1, 0.15) is 0 Å². The largest absolute Gasteiger partial charge is 0.348 e. The van der Waals surface area contributed by atoms with E-state index in [2.05, 4.69) is 49.0 Å². The molecule has 0 amide bonds. The van der Waals surface area contributed by atoms with Gasteiger partial charge in [0.05, 0.1) is 0 Å². The first-order valence-electron chi connectivity index (χ1n) is 5.84. The van der Waals surface area contributed by atoms with Crippen LogP contribution < -0.4 is 5.32 Å². The fourth-order valence-corrected chi connectivity index (χ4v) is 2.33. The van der Waals surface area contributed by atoms with Gasteiger partial charge in [0, 0.05) is 23.6 Å². The van der Waals surface area contributed by atoms with Crippen LogP contribution >= 0.6 is 0 Å². The molecule has 0 unspecified atom stereocenters. The maximum Gasteiger partial charge on any atom is 0.0482 e. The van der Waals surface area contributed by atoms with Crippen molar-refractivity contribution in [2.24, 2.45) is 7.05 Å². The van der Waals surface area contributed by atoms with E-state index in [1.807, 2.05) is 7.05 Å². The van der Waals surface area contributed by atoms with Crippen LogP contribution in [0.15, 0.2) is 18.2 Å². The number of nitrogens with zero attached hydrogens (tertiary/aromatic N) is 1. The Kier molecular flexibility index (Phi) is 3.01. The number of benzene rings is 1. The summed E-state index contributed by atoms with van der Waals surface area (Å²) in [7, 11) is 4.15. The molecule has 1 aromatic heterocycles. The van der Waals surface area contributed by atoms with Crippen LogP contribution in [0.25, 0.3) is 10.9 Å². The lowest BCUT2D eigenvalue weighted by atomic mass is 10.1. The average Bonchev–Trinajstić information content (AvgIpc) is 2.50. The lowest BCUT2D eigenvalue weighted by molar-refractivity contribution is 0.783. The van der Waals surface area contributed by atoms with Crippen molar-refractivity contribution in [3.05, 3.63) is 35.0 Å². The molecule has 86 valence electrons. The first-order chi connectivity index (χ1) is 7.65. The maximum absolute atomic E-state index is 3.22. The van der Waals surface area contributed by atoms with Gasteiger partial charge in [-0.25, -0.2) is 0 Å². The van der Waals surface area contributed by atoms with Gasteiger partial charge in [-0.3, -0.25) is 0 Å². The summed E-state index contributed by atoms with van der Waals surface area (Å²) < 4.78 is 2.29. The summed E-state index contributed by atoms with van der Waals surface area (Å²) in [5.41, 5.74) is 5.55. The Labute approximate surface area is 97.3 Å². The van der Waals surface area contributed by atoms with Crippen molar-refractivity contribution in [3.63, 3.8) is 0 Å². The van der Waals surface area contributed by atoms with Gasteiger partial charge in [-0.1, -0.05) is 11.6 Å². The van der Waals surface area contributed by atoms with Gasteiger partial charge >= 0.3 is 0 Å². The molecule has 0 aliphatic heterocycles. The van der Waals surface area contributed by atoms with E-state index in [4.69, 9.17) is 0 Å². The van der Waals surface area contributed by atoms with Crippen molar-refractivity contribution in [2.45, 2.75) is 20.3 Å². The normalized spacial score (nSPS) is 11.2. The zero-order chi connectivity index (χ0) is 11.7. The van der Waals surface area contributed by atoms with Gasteiger partial charge in [-0.15, -0.1) is 0 Å². The molecule has 0 aliphatic rings. The molecule has 0 atom stereocenters. The van der Waals surface area contributed by atoms with E-state index in [1.165, 1.54) is 27.7 Å². The number of aromatic nitrogens is 1. The van der Waals surface area contributed by atoms with Gasteiger partial charge in [0.15, 0.2) is 0 Å². The molecule has 2 heteroatoms. The van der Waals surface area contributed by atoms with Gasteiger partial charge in [0.25, 0.3) is 0 Å². The highest BCUT2D eigenvalue weighted by Crippen LogP contribution is 2.26. The van der Waals surface area contributed by atoms with E-state index >= 15 is 0 Å². The summed E-state index contributed by atoms with van der Waals surface area (Å²) in [6.45, 7) is 5.40. The Hall–Kier alpha value is -1.28. The summed E-state index contributed by atoms with van der Waals surface area (Å²) in [6, 6.07) is 6.71. The minimum atomic E-state index is 1.04. The first kappa shape index (κ1) is 11.2. The number of rotatable bonds is 3. The van der Waals surface area contributed by atoms with Crippen molar-refractivity contribution in [1.29, 1.82) is 0 Å². The minimum absolute atomic E-state index is 1.04. The van der Waals surface area contributed by atoms with Gasteiger partial charge < -0.3 is 9.88 Å². The molecule has 0 aliphatic carbocycles. The summed E-state index contributed by atoms with van der Waals surface area (Å²) in [6.07, 6.45) is 1.10. The van der Waals surface area contributed by atoms with Crippen LogP contribution in [0.4, 0.5) is 0 Å². The number of fused-ring (bicyclic) bond motifs is 1. The van der Waals surface area contributed by atoms with Crippen LogP contribution in [0.1, 0.15) is 16.8 Å². The third kappa shape index (κ3) is 1.74. The third-order valence-electron chi connectivity index (χ3n) is 3.40. The average molecular weight is 216 g/mol. The molecule has 0 saturated carbocycles. The van der Waals surface area contributed by atoms with Crippen molar-refractivity contribution in [1.82, 2.24) is 9.88 Å². The number of nitrogens with one attached hydrogen (secondary N) is 1. The Bertz CT molecular complexity index is 509. The highest BCUT2D eigenvalue weighted by atomic mass is 14.9. The molecule has 2 aromatic rings.